The number of carbonyl (C=O) groups excluding carboxylic acids is 1. The molecule has 1 saturated heterocycles. The van der Waals surface area contributed by atoms with Gasteiger partial charge in [0.15, 0.2) is 5.17 Å². The van der Waals surface area contributed by atoms with Crippen LogP contribution in [-0.4, -0.2) is 15.6 Å². The maximum absolute atomic E-state index is 12.6. The van der Waals surface area contributed by atoms with E-state index in [-0.39, 0.29) is 5.91 Å². The molecule has 3 aromatic rings. The molecular formula is C26H27N3OS. The Balaban J connectivity index is 1.64. The smallest absolute Gasteiger partial charge is 0.264 e. The van der Waals surface area contributed by atoms with Crippen LogP contribution in [0.5, 0.6) is 0 Å². The summed E-state index contributed by atoms with van der Waals surface area (Å²) in [6.07, 6.45) is 2.96. The number of aliphatic imine (C=N–C) groups is 1. The van der Waals surface area contributed by atoms with Crippen molar-refractivity contribution < 1.29 is 4.79 Å². The molecule has 4 rings (SSSR count). The number of carbonyl (C=O) groups is 1. The van der Waals surface area contributed by atoms with E-state index >= 15 is 0 Å². The average molecular weight is 430 g/mol. The van der Waals surface area contributed by atoms with Gasteiger partial charge in [0.1, 0.15) is 0 Å². The normalized spacial score (nSPS) is 16.4. The molecule has 0 aliphatic carbocycles. The maximum atomic E-state index is 12.6. The number of amidine groups is 1. The summed E-state index contributed by atoms with van der Waals surface area (Å²) in [6, 6.07) is 16.6. The van der Waals surface area contributed by atoms with Crippen molar-refractivity contribution in [1.29, 1.82) is 0 Å². The van der Waals surface area contributed by atoms with Gasteiger partial charge in [0.25, 0.3) is 5.91 Å². The molecule has 0 unspecified atom stereocenters. The van der Waals surface area contributed by atoms with Gasteiger partial charge in [-0.1, -0.05) is 31.2 Å². The van der Waals surface area contributed by atoms with Gasteiger partial charge in [0.05, 0.1) is 10.6 Å². The molecule has 4 nitrogen and oxygen atoms in total. The van der Waals surface area contributed by atoms with Gasteiger partial charge in [-0.25, -0.2) is 4.99 Å². The van der Waals surface area contributed by atoms with Crippen LogP contribution in [0.25, 0.3) is 11.8 Å². The van der Waals surface area contributed by atoms with Crippen LogP contribution in [0.15, 0.2) is 58.4 Å². The van der Waals surface area contributed by atoms with Crippen LogP contribution in [0.1, 0.15) is 40.6 Å². The third-order valence-corrected chi connectivity index (χ3v) is 6.71. The second-order valence-corrected chi connectivity index (χ2v) is 8.91. The summed E-state index contributed by atoms with van der Waals surface area (Å²) < 4.78 is 2.26. The second kappa shape index (κ2) is 8.60. The Labute approximate surface area is 188 Å². The van der Waals surface area contributed by atoms with Crippen molar-refractivity contribution in [2.75, 3.05) is 0 Å². The molecule has 2 heterocycles. The molecule has 158 valence electrons. The van der Waals surface area contributed by atoms with E-state index in [9.17, 15) is 4.79 Å². The van der Waals surface area contributed by atoms with Gasteiger partial charge in [-0.15, -0.1) is 0 Å². The Morgan fingerprint density at radius 2 is 1.81 bits per heavy atom. The summed E-state index contributed by atoms with van der Waals surface area (Å²) in [6.45, 7) is 10.6. The molecule has 2 aromatic carbocycles. The maximum Gasteiger partial charge on any atom is 0.264 e. The molecule has 1 aliphatic rings. The summed E-state index contributed by atoms with van der Waals surface area (Å²) in [5.74, 6) is -0.106. The van der Waals surface area contributed by atoms with Gasteiger partial charge in [0, 0.05) is 17.1 Å². The molecule has 31 heavy (non-hydrogen) atoms. The lowest BCUT2D eigenvalue weighted by atomic mass is 10.1. The first-order valence-corrected chi connectivity index (χ1v) is 11.3. The number of aryl methyl sites for hydroxylation is 3. The molecular weight excluding hydrogens is 402 g/mol. The van der Waals surface area contributed by atoms with Crippen molar-refractivity contribution in [3.05, 3.63) is 87.1 Å². The van der Waals surface area contributed by atoms with Crippen LogP contribution < -0.4 is 5.32 Å². The van der Waals surface area contributed by atoms with E-state index < -0.39 is 0 Å². The number of thioether (sulfide) groups is 1. The first-order valence-electron chi connectivity index (χ1n) is 10.5. The summed E-state index contributed by atoms with van der Waals surface area (Å²) in [7, 11) is 0. The second-order valence-electron chi connectivity index (χ2n) is 7.88. The van der Waals surface area contributed by atoms with Crippen LogP contribution >= 0.6 is 11.8 Å². The number of benzene rings is 2. The summed E-state index contributed by atoms with van der Waals surface area (Å²) in [5.41, 5.74) is 9.13. The lowest BCUT2D eigenvalue weighted by Crippen LogP contribution is -2.19. The number of rotatable bonds is 4. The lowest BCUT2D eigenvalue weighted by molar-refractivity contribution is -0.115. The van der Waals surface area contributed by atoms with Gasteiger partial charge >= 0.3 is 0 Å². The molecule has 0 atom stereocenters. The topological polar surface area (TPSA) is 46.4 Å². The Kier molecular flexibility index (Phi) is 5.88. The Hall–Kier alpha value is -3.05. The standard InChI is InChI=1S/C26H27N3OS/c1-6-20-10-12-22(13-11-20)27-26-28-25(30)24(31-26)15-21-14-17(3)29(19(21)5)23-9-7-8-16(2)18(23)4/h7-15H,6H2,1-5H3,(H,27,28,30)/b24-15-. The van der Waals surface area contributed by atoms with Crippen LogP contribution in [-0.2, 0) is 11.2 Å². The van der Waals surface area contributed by atoms with E-state index in [0.29, 0.717) is 10.1 Å². The highest BCUT2D eigenvalue weighted by atomic mass is 32.2. The SMILES string of the molecule is CCc1ccc(N=C2NC(=O)/C(=C/c3cc(C)n(-c4cccc(C)c4C)c3C)S2)cc1. The summed E-state index contributed by atoms with van der Waals surface area (Å²) in [5, 5.41) is 3.50. The Bertz CT molecular complexity index is 1220. The number of amides is 1. The predicted octanol–water partition coefficient (Wildman–Crippen LogP) is 6.16. The summed E-state index contributed by atoms with van der Waals surface area (Å²) >= 11 is 1.38. The third-order valence-electron chi connectivity index (χ3n) is 5.80. The fourth-order valence-corrected chi connectivity index (χ4v) is 4.66. The molecule has 0 bridgehead atoms. The monoisotopic (exact) mass is 429 g/mol. The number of aromatic nitrogens is 1. The van der Waals surface area contributed by atoms with Crippen molar-refractivity contribution in [3.63, 3.8) is 0 Å². The molecule has 1 fully saturated rings. The third kappa shape index (κ3) is 4.23. The fourth-order valence-electron chi connectivity index (χ4n) is 3.83. The van der Waals surface area contributed by atoms with Crippen LogP contribution in [0.3, 0.4) is 0 Å². The van der Waals surface area contributed by atoms with Gasteiger partial charge in [-0.05, 0) is 98.5 Å². The molecule has 1 amide bonds. The van der Waals surface area contributed by atoms with Crippen molar-refractivity contribution in [2.24, 2.45) is 4.99 Å². The first-order chi connectivity index (χ1) is 14.9. The van der Waals surface area contributed by atoms with Gasteiger partial charge in [-0.3, -0.25) is 4.79 Å². The Morgan fingerprint density at radius 1 is 1.06 bits per heavy atom. The largest absolute Gasteiger partial charge is 0.318 e. The van der Waals surface area contributed by atoms with E-state index in [1.165, 1.54) is 34.1 Å². The van der Waals surface area contributed by atoms with E-state index in [0.717, 1.165) is 29.1 Å². The molecule has 5 heteroatoms. The highest BCUT2D eigenvalue weighted by Crippen LogP contribution is 2.31. The zero-order chi connectivity index (χ0) is 22.1. The molecule has 0 saturated carbocycles. The lowest BCUT2D eigenvalue weighted by Gasteiger charge is -2.14. The molecule has 1 N–H and O–H groups in total. The number of nitrogens with one attached hydrogen (secondary N) is 1. The van der Waals surface area contributed by atoms with Crippen molar-refractivity contribution in [3.8, 4) is 5.69 Å². The fraction of sp³-hybridized carbons (Fsp3) is 0.231. The minimum Gasteiger partial charge on any atom is -0.318 e. The van der Waals surface area contributed by atoms with Gasteiger partial charge in [-0.2, -0.15) is 0 Å². The van der Waals surface area contributed by atoms with Crippen LogP contribution in [0.4, 0.5) is 5.69 Å². The minimum atomic E-state index is -0.106. The average Bonchev–Trinajstić information content (AvgIpc) is 3.23. The number of nitrogens with zero attached hydrogens (tertiary/aromatic N) is 2. The zero-order valence-corrected chi connectivity index (χ0v) is 19.4. The van der Waals surface area contributed by atoms with Gasteiger partial charge in [0.2, 0.25) is 0 Å². The van der Waals surface area contributed by atoms with Crippen molar-refractivity contribution in [2.45, 2.75) is 41.0 Å². The first kappa shape index (κ1) is 21.2. The van der Waals surface area contributed by atoms with Crippen LogP contribution in [0.2, 0.25) is 0 Å². The number of hydrogen-bond acceptors (Lipinski definition) is 3. The van der Waals surface area contributed by atoms with E-state index in [1.54, 1.807) is 0 Å². The van der Waals surface area contributed by atoms with Gasteiger partial charge < -0.3 is 9.88 Å². The molecule has 1 aliphatic heterocycles. The highest BCUT2D eigenvalue weighted by molar-refractivity contribution is 8.18. The predicted molar refractivity (Wildman–Crippen MR) is 131 cm³/mol. The number of hydrogen-bond donors (Lipinski definition) is 1. The van der Waals surface area contributed by atoms with Crippen molar-refractivity contribution in [1.82, 2.24) is 9.88 Å². The highest BCUT2D eigenvalue weighted by Gasteiger charge is 2.24. The van der Waals surface area contributed by atoms with E-state index in [1.807, 2.05) is 18.2 Å². The molecule has 0 spiro atoms. The zero-order valence-electron chi connectivity index (χ0n) is 18.6. The van der Waals surface area contributed by atoms with E-state index in [2.05, 4.69) is 85.9 Å². The molecule has 1 aromatic heterocycles. The molecule has 0 radical (unpaired) electrons. The Morgan fingerprint density at radius 3 is 2.52 bits per heavy atom. The van der Waals surface area contributed by atoms with E-state index in [4.69, 9.17) is 0 Å². The van der Waals surface area contributed by atoms with Crippen molar-refractivity contribution >= 4 is 34.6 Å². The quantitative estimate of drug-likeness (QED) is 0.505. The minimum absolute atomic E-state index is 0.106. The van der Waals surface area contributed by atoms with Crippen LogP contribution in [0, 0.1) is 27.7 Å². The summed E-state index contributed by atoms with van der Waals surface area (Å²) in [4.78, 5) is 17.8.